The fraction of sp³-hybridized carbons (Fsp3) is 0.182. The normalized spacial score (nSPS) is 15.0. The van der Waals surface area contributed by atoms with Crippen LogP contribution in [0.25, 0.3) is 17.3 Å². The first-order valence-corrected chi connectivity index (χ1v) is 9.36. The Morgan fingerprint density at radius 3 is 2.83 bits per heavy atom. The predicted molar refractivity (Wildman–Crippen MR) is 105 cm³/mol. The zero-order valence-corrected chi connectivity index (χ0v) is 15.5. The van der Waals surface area contributed by atoms with E-state index in [2.05, 4.69) is 10.2 Å². The van der Waals surface area contributed by atoms with E-state index in [-0.39, 0.29) is 18.5 Å². The third-order valence-corrected chi connectivity index (χ3v) is 5.18. The largest absolute Gasteiger partial charge is 0.454 e. The molecule has 0 spiro atoms. The van der Waals surface area contributed by atoms with Crippen LogP contribution in [0, 0.1) is 5.82 Å². The minimum Gasteiger partial charge on any atom is -0.454 e. The van der Waals surface area contributed by atoms with Gasteiger partial charge in [0, 0.05) is 42.4 Å². The molecule has 5 rings (SSSR count). The van der Waals surface area contributed by atoms with Crippen LogP contribution in [0.5, 0.6) is 11.5 Å². The van der Waals surface area contributed by atoms with Crippen molar-refractivity contribution in [1.82, 2.24) is 15.1 Å². The van der Waals surface area contributed by atoms with Gasteiger partial charge in [0.25, 0.3) is 0 Å². The van der Waals surface area contributed by atoms with Crippen molar-refractivity contribution < 1.29 is 18.7 Å². The Kier molecular flexibility index (Phi) is 4.27. The molecule has 146 valence electrons. The highest BCUT2D eigenvalue weighted by molar-refractivity contribution is 5.92. The van der Waals surface area contributed by atoms with Crippen LogP contribution in [0.3, 0.4) is 0 Å². The summed E-state index contributed by atoms with van der Waals surface area (Å²) in [6.07, 6.45) is 4.05. The number of hydrogen-bond acceptors (Lipinski definition) is 4. The summed E-state index contributed by atoms with van der Waals surface area (Å²) in [6, 6.07) is 11.8. The van der Waals surface area contributed by atoms with Crippen molar-refractivity contribution in [3.8, 4) is 22.8 Å². The number of halogens is 1. The first-order chi connectivity index (χ1) is 14.2. The van der Waals surface area contributed by atoms with E-state index in [0.29, 0.717) is 31.0 Å². The number of carbonyl (C=O) groups is 1. The van der Waals surface area contributed by atoms with Gasteiger partial charge in [0.2, 0.25) is 12.7 Å². The van der Waals surface area contributed by atoms with Gasteiger partial charge in [0.05, 0.1) is 5.69 Å². The van der Waals surface area contributed by atoms with Crippen molar-refractivity contribution in [2.75, 3.05) is 13.3 Å². The van der Waals surface area contributed by atoms with Gasteiger partial charge < -0.3 is 14.4 Å². The number of rotatable bonds is 3. The molecule has 0 saturated heterocycles. The van der Waals surface area contributed by atoms with E-state index in [1.807, 2.05) is 18.2 Å². The topological polar surface area (TPSA) is 67.5 Å². The molecule has 6 nitrogen and oxygen atoms in total. The van der Waals surface area contributed by atoms with Gasteiger partial charge in [-0.2, -0.15) is 5.10 Å². The minimum atomic E-state index is -0.288. The third-order valence-electron chi connectivity index (χ3n) is 5.18. The quantitative estimate of drug-likeness (QED) is 0.694. The summed E-state index contributed by atoms with van der Waals surface area (Å²) in [4.78, 5) is 14.5. The lowest BCUT2D eigenvalue weighted by Crippen LogP contribution is -2.34. The van der Waals surface area contributed by atoms with Gasteiger partial charge in [-0.1, -0.05) is 6.07 Å². The number of aromatic nitrogens is 2. The van der Waals surface area contributed by atoms with E-state index < -0.39 is 0 Å². The Balaban J connectivity index is 1.33. The Morgan fingerprint density at radius 1 is 1.14 bits per heavy atom. The van der Waals surface area contributed by atoms with Crippen LogP contribution >= 0.6 is 0 Å². The van der Waals surface area contributed by atoms with Crippen LogP contribution in [0.4, 0.5) is 4.39 Å². The SMILES string of the molecule is O=C(C=Cc1ccc2c(c1)OCO2)N1CCc2[nH]nc(-c3ccc(F)cc3)c2C1. The molecule has 0 fully saturated rings. The van der Waals surface area contributed by atoms with Crippen molar-refractivity contribution in [2.45, 2.75) is 13.0 Å². The summed E-state index contributed by atoms with van der Waals surface area (Å²) in [6.45, 7) is 1.30. The molecule has 0 saturated carbocycles. The van der Waals surface area contributed by atoms with Gasteiger partial charge in [0.15, 0.2) is 11.5 Å². The van der Waals surface area contributed by atoms with Gasteiger partial charge in [0.1, 0.15) is 5.82 Å². The number of nitrogens with zero attached hydrogens (tertiary/aromatic N) is 2. The number of ether oxygens (including phenoxy) is 2. The van der Waals surface area contributed by atoms with Gasteiger partial charge in [-0.15, -0.1) is 0 Å². The zero-order valence-electron chi connectivity index (χ0n) is 15.5. The fourth-order valence-corrected chi connectivity index (χ4v) is 3.62. The van der Waals surface area contributed by atoms with Gasteiger partial charge >= 0.3 is 0 Å². The number of aromatic amines is 1. The molecule has 0 aliphatic carbocycles. The van der Waals surface area contributed by atoms with Crippen molar-refractivity contribution in [3.63, 3.8) is 0 Å². The molecule has 1 aromatic heterocycles. The number of carbonyl (C=O) groups excluding carboxylic acids is 1. The molecule has 2 aliphatic rings. The average Bonchev–Trinajstić information content (AvgIpc) is 3.38. The molecule has 29 heavy (non-hydrogen) atoms. The average molecular weight is 391 g/mol. The Bertz CT molecular complexity index is 1100. The first-order valence-electron chi connectivity index (χ1n) is 9.36. The highest BCUT2D eigenvalue weighted by Crippen LogP contribution is 2.33. The van der Waals surface area contributed by atoms with Crippen molar-refractivity contribution in [2.24, 2.45) is 0 Å². The summed E-state index contributed by atoms with van der Waals surface area (Å²) in [5.74, 6) is 1.04. The predicted octanol–water partition coefficient (Wildman–Crippen LogP) is 3.54. The molecule has 0 unspecified atom stereocenters. The lowest BCUT2D eigenvalue weighted by Gasteiger charge is -2.26. The monoisotopic (exact) mass is 391 g/mol. The molecule has 7 heteroatoms. The fourth-order valence-electron chi connectivity index (χ4n) is 3.62. The van der Waals surface area contributed by atoms with Gasteiger partial charge in [-0.3, -0.25) is 9.89 Å². The van der Waals surface area contributed by atoms with Crippen LogP contribution in [0.15, 0.2) is 48.5 Å². The highest BCUT2D eigenvalue weighted by atomic mass is 19.1. The van der Waals surface area contributed by atoms with E-state index in [4.69, 9.17) is 9.47 Å². The molecule has 1 amide bonds. The molecular formula is C22H18FN3O3. The lowest BCUT2D eigenvalue weighted by molar-refractivity contribution is -0.126. The van der Waals surface area contributed by atoms with E-state index in [1.165, 1.54) is 12.1 Å². The second-order valence-electron chi connectivity index (χ2n) is 6.99. The number of fused-ring (bicyclic) bond motifs is 2. The van der Waals surface area contributed by atoms with Gasteiger partial charge in [-0.05, 0) is 48.0 Å². The van der Waals surface area contributed by atoms with Crippen LogP contribution in [-0.4, -0.2) is 34.3 Å². The molecule has 0 atom stereocenters. The molecular weight excluding hydrogens is 373 g/mol. The number of benzene rings is 2. The van der Waals surface area contributed by atoms with E-state index in [9.17, 15) is 9.18 Å². The maximum absolute atomic E-state index is 13.2. The molecule has 1 N–H and O–H groups in total. The second-order valence-corrected chi connectivity index (χ2v) is 6.99. The molecule has 0 bridgehead atoms. The second kappa shape index (κ2) is 7.09. The smallest absolute Gasteiger partial charge is 0.246 e. The lowest BCUT2D eigenvalue weighted by atomic mass is 10.0. The molecule has 3 aromatic rings. The first kappa shape index (κ1) is 17.5. The van der Waals surface area contributed by atoms with Crippen molar-refractivity contribution in [1.29, 1.82) is 0 Å². The van der Waals surface area contributed by atoms with E-state index >= 15 is 0 Å². The Labute approximate surface area is 166 Å². The minimum absolute atomic E-state index is 0.0698. The summed E-state index contributed by atoms with van der Waals surface area (Å²) in [5.41, 5.74) is 4.46. The molecule has 2 aromatic carbocycles. The summed E-state index contributed by atoms with van der Waals surface area (Å²) in [7, 11) is 0. The molecule has 3 heterocycles. The van der Waals surface area contributed by atoms with Crippen LogP contribution in [0.2, 0.25) is 0 Å². The number of H-pyrrole nitrogens is 1. The standard InChI is InChI=1S/C22H18FN3O3/c23-16-5-3-15(4-6-16)22-17-12-26(10-9-18(17)24-25-22)21(27)8-2-14-1-7-19-20(11-14)29-13-28-19/h1-8,11H,9-10,12-13H2,(H,24,25). The molecule has 0 radical (unpaired) electrons. The molecule has 2 aliphatic heterocycles. The zero-order chi connectivity index (χ0) is 19.8. The summed E-state index contributed by atoms with van der Waals surface area (Å²) in [5, 5.41) is 7.44. The number of amides is 1. The Hall–Kier alpha value is -3.61. The summed E-state index contributed by atoms with van der Waals surface area (Å²) >= 11 is 0. The number of hydrogen-bond donors (Lipinski definition) is 1. The Morgan fingerprint density at radius 2 is 1.97 bits per heavy atom. The van der Waals surface area contributed by atoms with E-state index in [0.717, 1.165) is 28.1 Å². The van der Waals surface area contributed by atoms with Crippen molar-refractivity contribution >= 4 is 12.0 Å². The van der Waals surface area contributed by atoms with Crippen molar-refractivity contribution in [3.05, 3.63) is 71.2 Å². The third kappa shape index (κ3) is 3.35. The van der Waals surface area contributed by atoms with Crippen LogP contribution in [-0.2, 0) is 17.8 Å². The van der Waals surface area contributed by atoms with E-state index in [1.54, 1.807) is 29.2 Å². The number of nitrogens with one attached hydrogen (secondary N) is 1. The summed E-state index contributed by atoms with van der Waals surface area (Å²) < 4.78 is 23.9. The maximum Gasteiger partial charge on any atom is 0.246 e. The highest BCUT2D eigenvalue weighted by Gasteiger charge is 2.24. The van der Waals surface area contributed by atoms with Crippen LogP contribution < -0.4 is 9.47 Å². The van der Waals surface area contributed by atoms with Crippen LogP contribution in [0.1, 0.15) is 16.8 Å². The maximum atomic E-state index is 13.2. The van der Waals surface area contributed by atoms with Gasteiger partial charge in [-0.25, -0.2) is 4.39 Å².